The Morgan fingerprint density at radius 2 is 1.81 bits per heavy atom. The van der Waals surface area contributed by atoms with E-state index in [1.165, 1.54) is 22.5 Å². The molecule has 5 rings (SSSR count). The van der Waals surface area contributed by atoms with Crippen molar-refractivity contribution < 1.29 is 13.3 Å². The van der Waals surface area contributed by atoms with Crippen molar-refractivity contribution in [2.24, 2.45) is 0 Å². The van der Waals surface area contributed by atoms with Crippen LogP contribution in [-0.4, -0.2) is 85.8 Å². The van der Waals surface area contributed by atoms with E-state index in [-0.39, 0.29) is 10.6 Å². The molecule has 1 aromatic carbocycles. The zero-order chi connectivity index (χ0) is 19.0. The Bertz CT molecular complexity index is 817. The van der Waals surface area contributed by atoms with Crippen molar-refractivity contribution in [1.29, 1.82) is 0 Å². The fourth-order valence-electron chi connectivity index (χ4n) is 4.20. The minimum absolute atomic E-state index is 0.00914. The Labute approximate surface area is 159 Å². The third kappa shape index (κ3) is 3.66. The van der Waals surface area contributed by atoms with Crippen molar-refractivity contribution in [1.82, 2.24) is 14.1 Å². The molecule has 4 aliphatic heterocycles. The highest BCUT2D eigenvalue weighted by molar-refractivity contribution is 7.89. The van der Waals surface area contributed by atoms with Crippen LogP contribution in [0.5, 0.6) is 0 Å². The molecular weight excluding hydrogens is 370 g/mol. The predicted octanol–water partition coefficient (Wildman–Crippen LogP) is 0.791. The molecule has 4 heterocycles. The van der Waals surface area contributed by atoms with Crippen molar-refractivity contribution in [3.63, 3.8) is 0 Å². The zero-order valence-electron chi connectivity index (χ0n) is 15.2. The van der Waals surface area contributed by atoms with Crippen molar-refractivity contribution in [2.45, 2.75) is 23.8 Å². The molecule has 9 nitrogen and oxygen atoms in total. The maximum atomic E-state index is 13.1. The van der Waals surface area contributed by atoms with E-state index in [1.54, 1.807) is 0 Å². The Hall–Kier alpha value is -1.75. The highest BCUT2D eigenvalue weighted by Crippen LogP contribution is 2.31. The summed E-state index contributed by atoms with van der Waals surface area (Å²) in [5.41, 5.74) is 0.245. The van der Waals surface area contributed by atoms with E-state index in [9.17, 15) is 18.5 Å². The third-order valence-electron chi connectivity index (χ3n) is 5.78. The molecule has 4 aliphatic rings. The minimum atomic E-state index is -3.75. The molecule has 1 aromatic rings. The number of nitro groups is 1. The summed E-state index contributed by atoms with van der Waals surface area (Å²) in [6.07, 6.45) is 1.65. The van der Waals surface area contributed by atoms with Crippen LogP contribution in [0.3, 0.4) is 0 Å². The van der Waals surface area contributed by atoms with Crippen LogP contribution in [0.2, 0.25) is 0 Å². The second kappa shape index (κ2) is 7.34. The Balaban J connectivity index is 1.58. The van der Waals surface area contributed by atoms with Gasteiger partial charge in [0, 0.05) is 70.5 Å². The van der Waals surface area contributed by atoms with E-state index < -0.39 is 14.9 Å². The quantitative estimate of drug-likeness (QED) is 0.562. The minimum Gasteiger partial charge on any atom is -0.382 e. The van der Waals surface area contributed by atoms with E-state index in [1.807, 2.05) is 0 Å². The van der Waals surface area contributed by atoms with Crippen LogP contribution in [0.4, 0.5) is 11.4 Å². The summed E-state index contributed by atoms with van der Waals surface area (Å²) in [6, 6.07) is 4.40. The molecule has 0 amide bonds. The van der Waals surface area contributed by atoms with Crippen LogP contribution in [0.1, 0.15) is 12.8 Å². The first-order chi connectivity index (χ1) is 12.9. The Morgan fingerprint density at radius 1 is 1.11 bits per heavy atom. The molecular formula is C17H25N5O4S. The van der Waals surface area contributed by atoms with Crippen molar-refractivity contribution in [2.75, 3.05) is 57.7 Å². The van der Waals surface area contributed by atoms with Gasteiger partial charge in [-0.25, -0.2) is 8.42 Å². The number of hydrogen-bond acceptors (Lipinski definition) is 7. The largest absolute Gasteiger partial charge is 0.382 e. The van der Waals surface area contributed by atoms with Gasteiger partial charge in [-0.15, -0.1) is 0 Å². The van der Waals surface area contributed by atoms with Gasteiger partial charge in [0.05, 0.1) is 10.6 Å². The molecule has 10 heteroatoms. The van der Waals surface area contributed by atoms with Crippen LogP contribution in [0.25, 0.3) is 0 Å². The third-order valence-corrected chi connectivity index (χ3v) is 7.72. The molecule has 0 aliphatic carbocycles. The Morgan fingerprint density at radius 3 is 2.41 bits per heavy atom. The fourth-order valence-corrected chi connectivity index (χ4v) is 5.90. The normalized spacial score (nSPS) is 28.4. The SMILES string of the molecule is O=[N+]([O-])c1ccc(NCC2CN3CCN2CC3)c(S(=O)(=O)N2CCCC2)c1. The summed E-state index contributed by atoms with van der Waals surface area (Å²) in [5, 5.41) is 14.4. The maximum absolute atomic E-state index is 13.1. The van der Waals surface area contributed by atoms with E-state index in [0.29, 0.717) is 31.4 Å². The predicted molar refractivity (Wildman–Crippen MR) is 101 cm³/mol. The maximum Gasteiger partial charge on any atom is 0.270 e. The molecule has 0 aromatic heterocycles. The lowest BCUT2D eigenvalue weighted by atomic mass is 10.1. The topological polar surface area (TPSA) is 99.0 Å². The van der Waals surface area contributed by atoms with Gasteiger partial charge in [-0.3, -0.25) is 19.9 Å². The lowest BCUT2D eigenvalue weighted by molar-refractivity contribution is -0.385. The van der Waals surface area contributed by atoms with Crippen LogP contribution in [-0.2, 0) is 10.0 Å². The molecule has 0 saturated carbocycles. The number of nitro benzene ring substituents is 1. The summed E-state index contributed by atoms with van der Waals surface area (Å²) in [7, 11) is -3.75. The summed E-state index contributed by atoms with van der Waals surface area (Å²) in [5.74, 6) is 0. The highest BCUT2D eigenvalue weighted by Gasteiger charge is 2.33. The fraction of sp³-hybridized carbons (Fsp3) is 0.647. The molecule has 0 radical (unpaired) electrons. The van der Waals surface area contributed by atoms with E-state index in [2.05, 4.69) is 15.1 Å². The first-order valence-electron chi connectivity index (χ1n) is 9.44. The van der Waals surface area contributed by atoms with Gasteiger partial charge < -0.3 is 5.32 Å². The van der Waals surface area contributed by atoms with E-state index in [0.717, 1.165) is 45.6 Å². The van der Waals surface area contributed by atoms with Gasteiger partial charge in [-0.05, 0) is 18.9 Å². The average molecular weight is 395 g/mol. The van der Waals surface area contributed by atoms with Crippen molar-refractivity contribution in [3.8, 4) is 0 Å². The molecule has 0 spiro atoms. The van der Waals surface area contributed by atoms with E-state index in [4.69, 9.17) is 0 Å². The second-order valence-corrected chi connectivity index (χ2v) is 9.33. The van der Waals surface area contributed by atoms with Gasteiger partial charge in [0.2, 0.25) is 10.0 Å². The monoisotopic (exact) mass is 395 g/mol. The molecule has 1 unspecified atom stereocenters. The number of piperazine rings is 3. The molecule has 1 N–H and O–H groups in total. The van der Waals surface area contributed by atoms with Crippen LogP contribution < -0.4 is 5.32 Å². The van der Waals surface area contributed by atoms with Gasteiger partial charge in [-0.2, -0.15) is 4.31 Å². The molecule has 148 valence electrons. The molecule has 2 bridgehead atoms. The van der Waals surface area contributed by atoms with Crippen LogP contribution >= 0.6 is 0 Å². The summed E-state index contributed by atoms with van der Waals surface area (Å²) >= 11 is 0. The average Bonchev–Trinajstić information content (AvgIpc) is 3.23. The number of nitrogens with zero attached hydrogens (tertiary/aromatic N) is 4. The smallest absolute Gasteiger partial charge is 0.270 e. The first-order valence-corrected chi connectivity index (χ1v) is 10.9. The summed E-state index contributed by atoms with van der Waals surface area (Å²) in [4.78, 5) is 15.5. The van der Waals surface area contributed by atoms with Crippen molar-refractivity contribution in [3.05, 3.63) is 28.3 Å². The number of nitrogens with one attached hydrogen (secondary N) is 1. The van der Waals surface area contributed by atoms with Gasteiger partial charge in [0.1, 0.15) is 4.90 Å². The molecule has 4 saturated heterocycles. The number of hydrogen-bond donors (Lipinski definition) is 1. The van der Waals surface area contributed by atoms with Crippen LogP contribution in [0, 0.1) is 10.1 Å². The molecule has 4 fully saturated rings. The standard InChI is InChI=1S/C17H25N5O4S/c23-22(24)14-3-4-16(17(11-14)27(25,26)21-5-1-2-6-21)18-12-15-13-19-7-9-20(15)10-8-19/h3-4,11,15,18H,1-2,5-10,12-13H2. The lowest BCUT2D eigenvalue weighted by Crippen LogP contribution is -2.62. The lowest BCUT2D eigenvalue weighted by Gasteiger charge is -2.47. The molecule has 27 heavy (non-hydrogen) atoms. The molecule has 1 atom stereocenters. The van der Waals surface area contributed by atoms with Crippen LogP contribution in [0.15, 0.2) is 23.1 Å². The Kier molecular flexibility index (Phi) is 5.06. The first kappa shape index (κ1) is 18.6. The van der Waals surface area contributed by atoms with Gasteiger partial charge in [0.15, 0.2) is 0 Å². The number of fused-ring (bicyclic) bond motifs is 3. The summed E-state index contributed by atoms with van der Waals surface area (Å²) < 4.78 is 27.5. The van der Waals surface area contributed by atoms with Crippen molar-refractivity contribution >= 4 is 21.4 Å². The van der Waals surface area contributed by atoms with E-state index >= 15 is 0 Å². The van der Waals surface area contributed by atoms with Gasteiger partial charge in [0.25, 0.3) is 5.69 Å². The number of anilines is 1. The highest BCUT2D eigenvalue weighted by atomic mass is 32.2. The number of benzene rings is 1. The number of rotatable bonds is 6. The zero-order valence-corrected chi connectivity index (χ0v) is 16.0. The number of non-ortho nitro benzene ring substituents is 1. The number of sulfonamides is 1. The van der Waals surface area contributed by atoms with Gasteiger partial charge in [-0.1, -0.05) is 0 Å². The second-order valence-electron chi connectivity index (χ2n) is 7.42. The van der Waals surface area contributed by atoms with Gasteiger partial charge >= 0.3 is 0 Å². The summed E-state index contributed by atoms with van der Waals surface area (Å²) in [6.45, 7) is 6.76.